The van der Waals surface area contributed by atoms with Crippen LogP contribution < -0.4 is 15.0 Å². The number of methoxy groups -OCH3 is 2. The Hall–Kier alpha value is -3.48. The van der Waals surface area contributed by atoms with Gasteiger partial charge in [-0.2, -0.15) is 0 Å². The van der Waals surface area contributed by atoms with Crippen LogP contribution in [0.15, 0.2) is 47.3 Å². The van der Waals surface area contributed by atoms with Gasteiger partial charge in [0.2, 0.25) is 0 Å². The molecule has 0 spiro atoms. The summed E-state index contributed by atoms with van der Waals surface area (Å²) in [6.45, 7) is 0. The van der Waals surface area contributed by atoms with E-state index in [4.69, 9.17) is 9.47 Å². The van der Waals surface area contributed by atoms with Gasteiger partial charge in [0.25, 0.3) is 5.56 Å². The summed E-state index contributed by atoms with van der Waals surface area (Å²) < 4.78 is 16.8. The van der Waals surface area contributed by atoms with Crippen LogP contribution in [-0.4, -0.2) is 29.9 Å². The van der Waals surface area contributed by atoms with Crippen LogP contribution in [0.2, 0.25) is 0 Å². The first-order chi connectivity index (χ1) is 12.5. The van der Waals surface area contributed by atoms with Gasteiger partial charge in [-0.15, -0.1) is 0 Å². The van der Waals surface area contributed by atoms with Gasteiger partial charge in [0.05, 0.1) is 19.7 Å². The molecule has 0 aliphatic carbocycles. The Morgan fingerprint density at radius 1 is 1.04 bits per heavy atom. The molecule has 26 heavy (non-hydrogen) atoms. The van der Waals surface area contributed by atoms with Crippen LogP contribution in [0, 0.1) is 0 Å². The molecule has 0 aliphatic rings. The number of hydrogen-bond donors (Lipinski definition) is 1. The molecule has 0 amide bonds. The number of carbonyl (C=O) groups is 1. The molecule has 0 bridgehead atoms. The van der Waals surface area contributed by atoms with Crippen molar-refractivity contribution in [1.29, 1.82) is 0 Å². The summed E-state index contributed by atoms with van der Waals surface area (Å²) >= 11 is 0. The molecule has 3 aromatic rings. The van der Waals surface area contributed by atoms with E-state index in [0.29, 0.717) is 28.2 Å². The van der Waals surface area contributed by atoms with Crippen molar-refractivity contribution in [2.45, 2.75) is 0 Å². The van der Waals surface area contributed by atoms with Gasteiger partial charge in [0.15, 0.2) is 5.56 Å². The van der Waals surface area contributed by atoms with Crippen molar-refractivity contribution in [3.05, 3.63) is 58.4 Å². The second kappa shape index (κ2) is 6.79. The second-order valence-electron chi connectivity index (χ2n) is 5.54. The van der Waals surface area contributed by atoms with Gasteiger partial charge >= 0.3 is 5.97 Å². The van der Waals surface area contributed by atoms with E-state index in [1.807, 2.05) is 0 Å². The Labute approximate surface area is 149 Å². The van der Waals surface area contributed by atoms with Crippen molar-refractivity contribution in [2.24, 2.45) is 7.05 Å². The molecule has 0 unspecified atom stereocenters. The Morgan fingerprint density at radius 3 is 2.42 bits per heavy atom. The monoisotopic (exact) mass is 355 g/mol. The van der Waals surface area contributed by atoms with E-state index in [2.05, 4.69) is 4.74 Å². The van der Waals surface area contributed by atoms with Crippen molar-refractivity contribution >= 4 is 16.9 Å². The minimum Gasteiger partial charge on any atom is -0.506 e. The predicted molar refractivity (Wildman–Crippen MR) is 95.3 cm³/mol. The largest absolute Gasteiger partial charge is 0.506 e. The molecule has 1 aromatic heterocycles. The fourth-order valence-corrected chi connectivity index (χ4v) is 2.65. The molecule has 0 saturated heterocycles. The molecule has 1 N–H and O–H groups in total. The van der Waals surface area contributed by atoms with Gasteiger partial charge in [0.1, 0.15) is 23.0 Å². The van der Waals surface area contributed by atoms with E-state index in [0.717, 1.165) is 7.11 Å². The van der Waals surface area contributed by atoms with Gasteiger partial charge < -0.3 is 23.9 Å². The van der Waals surface area contributed by atoms with Crippen LogP contribution in [0.1, 0.15) is 10.4 Å². The number of benzene rings is 2. The molecule has 3 rings (SSSR count). The first kappa shape index (κ1) is 17.3. The Morgan fingerprint density at radius 2 is 1.73 bits per heavy atom. The highest BCUT2D eigenvalue weighted by atomic mass is 16.5. The number of pyridine rings is 1. The summed E-state index contributed by atoms with van der Waals surface area (Å²) in [5, 5.41) is 10.7. The standard InChI is InChI=1S/C19H17NO6/c1-20-15-10-13(26-12-6-4-5-11(9-12)24-2)7-8-14(15)17(21)16(18(20)22)19(23)25-3/h4-10,21H,1-3H3. The number of esters is 1. The molecule has 1 heterocycles. The molecule has 0 radical (unpaired) electrons. The summed E-state index contributed by atoms with van der Waals surface area (Å²) in [5.41, 5.74) is -0.634. The SMILES string of the molecule is COC(=O)c1c(O)c2ccc(Oc3cccc(OC)c3)cc2n(C)c1=O. The fraction of sp³-hybridized carbons (Fsp3) is 0.158. The van der Waals surface area contributed by atoms with Crippen LogP contribution in [0.25, 0.3) is 10.9 Å². The average molecular weight is 355 g/mol. The quantitative estimate of drug-likeness (QED) is 0.724. The highest BCUT2D eigenvalue weighted by Gasteiger charge is 2.22. The first-order valence-electron chi connectivity index (χ1n) is 7.72. The molecule has 7 heteroatoms. The molecule has 0 aliphatic heterocycles. The van der Waals surface area contributed by atoms with Crippen LogP contribution in [0.3, 0.4) is 0 Å². The van der Waals surface area contributed by atoms with Crippen molar-refractivity contribution in [1.82, 2.24) is 4.57 Å². The third kappa shape index (κ3) is 2.95. The summed E-state index contributed by atoms with van der Waals surface area (Å²) in [7, 11) is 4.22. The van der Waals surface area contributed by atoms with E-state index < -0.39 is 22.8 Å². The zero-order chi connectivity index (χ0) is 18.8. The number of aryl methyl sites for hydroxylation is 1. The lowest BCUT2D eigenvalue weighted by atomic mass is 10.1. The Balaban J connectivity index is 2.10. The van der Waals surface area contributed by atoms with E-state index in [9.17, 15) is 14.7 Å². The van der Waals surface area contributed by atoms with Crippen molar-refractivity contribution < 1.29 is 24.1 Å². The summed E-state index contributed by atoms with van der Waals surface area (Å²) in [6.07, 6.45) is 0. The minimum absolute atomic E-state index is 0.338. The van der Waals surface area contributed by atoms with E-state index in [1.54, 1.807) is 49.6 Å². The minimum atomic E-state index is -0.887. The van der Waals surface area contributed by atoms with Crippen LogP contribution in [0.4, 0.5) is 0 Å². The highest BCUT2D eigenvalue weighted by molar-refractivity contribution is 5.99. The Kier molecular flexibility index (Phi) is 4.53. The molecular formula is C19H17NO6. The third-order valence-electron chi connectivity index (χ3n) is 4.01. The van der Waals surface area contributed by atoms with Crippen molar-refractivity contribution in [3.63, 3.8) is 0 Å². The normalized spacial score (nSPS) is 10.6. The molecule has 134 valence electrons. The number of nitrogens with zero attached hydrogens (tertiary/aromatic N) is 1. The van der Waals surface area contributed by atoms with Gasteiger partial charge in [-0.05, 0) is 24.3 Å². The van der Waals surface area contributed by atoms with E-state index in [-0.39, 0.29) is 0 Å². The topological polar surface area (TPSA) is 87.0 Å². The van der Waals surface area contributed by atoms with Crippen LogP contribution in [-0.2, 0) is 11.8 Å². The van der Waals surface area contributed by atoms with Gasteiger partial charge in [0, 0.05) is 24.6 Å². The van der Waals surface area contributed by atoms with Gasteiger partial charge in [-0.25, -0.2) is 4.79 Å². The maximum atomic E-state index is 12.4. The molecule has 2 aromatic carbocycles. The number of hydrogen-bond acceptors (Lipinski definition) is 6. The number of aromatic hydroxyl groups is 1. The molecular weight excluding hydrogens is 338 g/mol. The number of aromatic nitrogens is 1. The molecule has 7 nitrogen and oxygen atoms in total. The second-order valence-corrected chi connectivity index (χ2v) is 5.54. The lowest BCUT2D eigenvalue weighted by Gasteiger charge is -2.13. The fourth-order valence-electron chi connectivity index (χ4n) is 2.65. The molecule has 0 fully saturated rings. The van der Waals surface area contributed by atoms with Crippen molar-refractivity contribution in [2.75, 3.05) is 14.2 Å². The third-order valence-corrected chi connectivity index (χ3v) is 4.01. The smallest absolute Gasteiger partial charge is 0.347 e. The number of carbonyl (C=O) groups excluding carboxylic acids is 1. The summed E-state index contributed by atoms with van der Waals surface area (Å²) in [5.74, 6) is 0.371. The first-order valence-corrected chi connectivity index (χ1v) is 7.72. The Bertz CT molecular complexity index is 1050. The number of rotatable bonds is 4. The van der Waals surface area contributed by atoms with Crippen molar-refractivity contribution in [3.8, 4) is 23.0 Å². The maximum absolute atomic E-state index is 12.4. The highest BCUT2D eigenvalue weighted by Crippen LogP contribution is 2.32. The molecule has 0 saturated carbocycles. The lowest BCUT2D eigenvalue weighted by Crippen LogP contribution is -2.25. The maximum Gasteiger partial charge on any atom is 0.347 e. The summed E-state index contributed by atoms with van der Waals surface area (Å²) in [4.78, 5) is 24.2. The number of ether oxygens (including phenoxy) is 3. The zero-order valence-electron chi connectivity index (χ0n) is 14.5. The predicted octanol–water partition coefficient (Wildman–Crippen LogP) is 2.83. The van der Waals surface area contributed by atoms with Gasteiger partial charge in [-0.1, -0.05) is 6.07 Å². The number of fused-ring (bicyclic) bond motifs is 1. The lowest BCUT2D eigenvalue weighted by molar-refractivity contribution is 0.0595. The average Bonchev–Trinajstić information content (AvgIpc) is 2.66. The van der Waals surface area contributed by atoms with Crippen LogP contribution in [0.5, 0.6) is 23.0 Å². The summed E-state index contributed by atoms with van der Waals surface area (Å²) in [6, 6.07) is 11.9. The van der Waals surface area contributed by atoms with E-state index >= 15 is 0 Å². The van der Waals surface area contributed by atoms with Crippen LogP contribution >= 0.6 is 0 Å². The van der Waals surface area contributed by atoms with Gasteiger partial charge in [-0.3, -0.25) is 4.79 Å². The zero-order valence-corrected chi connectivity index (χ0v) is 14.5. The molecule has 0 atom stereocenters. The van der Waals surface area contributed by atoms with E-state index in [1.165, 1.54) is 11.6 Å².